The van der Waals surface area contributed by atoms with Crippen molar-refractivity contribution < 1.29 is 22.7 Å². The number of carbonyl (C=O) groups excluding carboxylic acids is 2. The first-order chi connectivity index (χ1) is 16.3. The van der Waals surface area contributed by atoms with E-state index in [4.69, 9.17) is 4.74 Å². The number of nitrogens with zero attached hydrogens (tertiary/aromatic N) is 2. The normalized spacial score (nSPS) is 13.8. The molecular formula is C26H26N2O5S. The van der Waals surface area contributed by atoms with Gasteiger partial charge < -0.3 is 9.64 Å². The molecule has 7 nitrogen and oxygen atoms in total. The van der Waals surface area contributed by atoms with Crippen molar-refractivity contribution in [1.29, 1.82) is 0 Å². The molecule has 1 aliphatic heterocycles. The third kappa shape index (κ3) is 4.82. The Kier molecular flexibility index (Phi) is 6.70. The lowest BCUT2D eigenvalue weighted by Crippen LogP contribution is -2.37. The first kappa shape index (κ1) is 23.5. The van der Waals surface area contributed by atoms with Gasteiger partial charge in [-0.25, -0.2) is 13.2 Å². The number of carbonyl (C=O) groups is 2. The van der Waals surface area contributed by atoms with Gasteiger partial charge in [0.05, 0.1) is 16.1 Å². The number of rotatable bonds is 7. The molecule has 0 saturated carbocycles. The molecule has 3 aromatic carbocycles. The van der Waals surface area contributed by atoms with E-state index >= 15 is 0 Å². The minimum Gasteiger partial charge on any atom is -0.449 e. The number of ether oxygens (including phenoxy) is 1. The summed E-state index contributed by atoms with van der Waals surface area (Å²) in [6.07, 6.45) is -0.389. The first-order valence-electron chi connectivity index (χ1n) is 11.0. The van der Waals surface area contributed by atoms with E-state index in [9.17, 15) is 18.0 Å². The fraction of sp³-hybridized carbons (Fsp3) is 0.231. The van der Waals surface area contributed by atoms with Crippen LogP contribution in [0.25, 0.3) is 0 Å². The molecule has 0 aromatic heterocycles. The number of hydrogen-bond donors (Lipinski definition) is 0. The minimum absolute atomic E-state index is 0.00108. The van der Waals surface area contributed by atoms with Crippen molar-refractivity contribution in [2.45, 2.75) is 30.9 Å². The Morgan fingerprint density at radius 3 is 2.47 bits per heavy atom. The van der Waals surface area contributed by atoms with Gasteiger partial charge in [0.2, 0.25) is 0 Å². The summed E-state index contributed by atoms with van der Waals surface area (Å²) in [4.78, 5) is 26.9. The topological polar surface area (TPSA) is 84.0 Å². The van der Waals surface area contributed by atoms with Crippen molar-refractivity contribution in [2.24, 2.45) is 0 Å². The monoisotopic (exact) mass is 478 g/mol. The van der Waals surface area contributed by atoms with Gasteiger partial charge in [0.1, 0.15) is 0 Å². The van der Waals surface area contributed by atoms with Gasteiger partial charge in [-0.15, -0.1) is 0 Å². The maximum Gasteiger partial charge on any atom is 0.338 e. The van der Waals surface area contributed by atoms with Crippen molar-refractivity contribution in [3.05, 3.63) is 95.6 Å². The lowest BCUT2D eigenvalue weighted by Gasteiger charge is -2.22. The number of amides is 1. The van der Waals surface area contributed by atoms with E-state index in [1.54, 1.807) is 19.2 Å². The largest absolute Gasteiger partial charge is 0.449 e. The van der Waals surface area contributed by atoms with Gasteiger partial charge >= 0.3 is 5.97 Å². The van der Waals surface area contributed by atoms with Gasteiger partial charge in [-0.3, -0.25) is 9.10 Å². The molecule has 176 valence electrons. The molecule has 0 aliphatic carbocycles. The van der Waals surface area contributed by atoms with E-state index in [-0.39, 0.29) is 16.4 Å². The van der Waals surface area contributed by atoms with Crippen LogP contribution in [0.15, 0.2) is 83.8 Å². The molecule has 34 heavy (non-hydrogen) atoms. The summed E-state index contributed by atoms with van der Waals surface area (Å²) < 4.78 is 33.3. The Hall–Kier alpha value is -3.65. The van der Waals surface area contributed by atoms with Crippen LogP contribution in [-0.4, -0.2) is 44.9 Å². The summed E-state index contributed by atoms with van der Waals surface area (Å²) >= 11 is 0. The second-order valence-corrected chi connectivity index (χ2v) is 10.1. The molecule has 1 unspecified atom stereocenters. The first-order valence-corrected chi connectivity index (χ1v) is 12.4. The van der Waals surface area contributed by atoms with Crippen LogP contribution in [0.4, 0.5) is 5.69 Å². The summed E-state index contributed by atoms with van der Waals surface area (Å²) in [5, 5.41) is 0. The van der Waals surface area contributed by atoms with Crippen LogP contribution < -0.4 is 4.31 Å². The van der Waals surface area contributed by atoms with Crippen molar-refractivity contribution in [3.8, 4) is 0 Å². The van der Waals surface area contributed by atoms with Gasteiger partial charge in [0.25, 0.3) is 15.9 Å². The van der Waals surface area contributed by atoms with Crippen LogP contribution in [0.2, 0.25) is 0 Å². The number of benzene rings is 3. The van der Waals surface area contributed by atoms with E-state index in [1.807, 2.05) is 42.5 Å². The van der Waals surface area contributed by atoms with Gasteiger partial charge in [-0.05, 0) is 48.7 Å². The Bertz CT molecular complexity index is 1310. The number of sulfonamides is 1. The average molecular weight is 479 g/mol. The molecule has 0 saturated heterocycles. The molecule has 4 rings (SSSR count). The van der Waals surface area contributed by atoms with Gasteiger partial charge in [-0.2, -0.15) is 0 Å². The van der Waals surface area contributed by atoms with Gasteiger partial charge in [0.15, 0.2) is 6.10 Å². The predicted octanol–water partition coefficient (Wildman–Crippen LogP) is 3.64. The summed E-state index contributed by atoms with van der Waals surface area (Å²) in [7, 11) is -2.21. The summed E-state index contributed by atoms with van der Waals surface area (Å²) in [6.45, 7) is 2.23. The molecule has 8 heteroatoms. The van der Waals surface area contributed by atoms with Crippen molar-refractivity contribution in [2.75, 3.05) is 17.9 Å². The zero-order chi connectivity index (χ0) is 24.3. The van der Waals surface area contributed by atoms with Gasteiger partial charge in [0, 0.05) is 20.1 Å². The van der Waals surface area contributed by atoms with Crippen LogP contribution in [0.1, 0.15) is 28.4 Å². The highest BCUT2D eigenvalue weighted by Gasteiger charge is 2.31. The van der Waals surface area contributed by atoms with E-state index in [2.05, 4.69) is 0 Å². The number of hydrogen-bond acceptors (Lipinski definition) is 5. The maximum absolute atomic E-state index is 13.3. The molecule has 0 fully saturated rings. The number of para-hydroxylation sites is 1. The fourth-order valence-electron chi connectivity index (χ4n) is 3.99. The van der Waals surface area contributed by atoms with Crippen molar-refractivity contribution in [1.82, 2.24) is 4.90 Å². The summed E-state index contributed by atoms with van der Waals surface area (Å²) in [6, 6.07) is 22.6. The van der Waals surface area contributed by atoms with E-state index in [1.165, 1.54) is 40.4 Å². The number of esters is 1. The molecule has 1 aliphatic rings. The molecule has 1 heterocycles. The number of likely N-dealkylation sites (N-methyl/N-ethyl adjacent to an activating group) is 1. The Morgan fingerprint density at radius 2 is 1.71 bits per heavy atom. The third-order valence-corrected chi connectivity index (χ3v) is 7.58. The molecule has 0 radical (unpaired) electrons. The van der Waals surface area contributed by atoms with E-state index in [0.29, 0.717) is 25.2 Å². The van der Waals surface area contributed by atoms with Gasteiger partial charge in [-0.1, -0.05) is 54.6 Å². The Balaban J connectivity index is 1.46. The Morgan fingerprint density at radius 1 is 1.00 bits per heavy atom. The summed E-state index contributed by atoms with van der Waals surface area (Å²) in [5.41, 5.74) is 2.64. The lowest BCUT2D eigenvalue weighted by molar-refractivity contribution is -0.139. The second kappa shape index (κ2) is 9.69. The smallest absolute Gasteiger partial charge is 0.338 e. The molecule has 0 bridgehead atoms. The Labute approximate surface area is 199 Å². The second-order valence-electron chi connectivity index (χ2n) is 8.21. The molecule has 1 amide bonds. The van der Waals surface area contributed by atoms with Crippen molar-refractivity contribution >= 4 is 27.6 Å². The molecule has 1 atom stereocenters. The standard InChI is InChI=1S/C26H26N2O5S/c1-19(25(29)27(2)18-20-9-4-3-5-10-20)33-26(30)22-12-8-13-23(17-22)34(31,32)28-16-15-21-11-6-7-14-24(21)28/h3-14,17,19H,15-16,18H2,1-2H3. The third-order valence-electron chi connectivity index (χ3n) is 5.77. The summed E-state index contributed by atoms with van der Waals surface area (Å²) in [5.74, 6) is -1.11. The highest BCUT2D eigenvalue weighted by Crippen LogP contribution is 2.32. The quantitative estimate of drug-likeness (QED) is 0.484. The van der Waals surface area contributed by atoms with Crippen LogP contribution >= 0.6 is 0 Å². The van der Waals surface area contributed by atoms with E-state index in [0.717, 1.165) is 11.1 Å². The maximum atomic E-state index is 13.3. The molecular weight excluding hydrogens is 452 g/mol. The zero-order valence-electron chi connectivity index (χ0n) is 19.0. The highest BCUT2D eigenvalue weighted by molar-refractivity contribution is 7.92. The van der Waals surface area contributed by atoms with Crippen LogP contribution in [0.3, 0.4) is 0 Å². The van der Waals surface area contributed by atoms with Crippen LogP contribution in [0.5, 0.6) is 0 Å². The molecule has 3 aromatic rings. The fourth-order valence-corrected chi connectivity index (χ4v) is 5.54. The lowest BCUT2D eigenvalue weighted by atomic mass is 10.2. The highest BCUT2D eigenvalue weighted by atomic mass is 32.2. The predicted molar refractivity (Wildman–Crippen MR) is 129 cm³/mol. The van der Waals surface area contributed by atoms with Crippen LogP contribution in [0, 0.1) is 0 Å². The zero-order valence-corrected chi connectivity index (χ0v) is 19.9. The number of fused-ring (bicyclic) bond motifs is 1. The average Bonchev–Trinajstić information content (AvgIpc) is 3.29. The van der Waals surface area contributed by atoms with Crippen LogP contribution in [-0.2, 0) is 32.5 Å². The molecule has 0 spiro atoms. The number of anilines is 1. The molecule has 0 N–H and O–H groups in total. The van der Waals surface area contributed by atoms with Crippen molar-refractivity contribution in [3.63, 3.8) is 0 Å². The van der Waals surface area contributed by atoms with E-state index < -0.39 is 22.1 Å². The SMILES string of the molecule is CC(OC(=O)c1cccc(S(=O)(=O)N2CCc3ccccc32)c1)C(=O)N(C)Cc1ccccc1. The minimum atomic E-state index is -3.85.